The van der Waals surface area contributed by atoms with E-state index >= 15 is 0 Å². The average Bonchev–Trinajstić information content (AvgIpc) is 2.20. The second-order valence-electron chi connectivity index (χ2n) is 3.62. The lowest BCUT2D eigenvalue weighted by molar-refractivity contribution is -0.122. The highest BCUT2D eigenvalue weighted by molar-refractivity contribution is 5.85. The quantitative estimate of drug-likeness (QED) is 0.600. The predicted octanol–water partition coefficient (Wildman–Crippen LogP) is 1.12. The summed E-state index contributed by atoms with van der Waals surface area (Å²) in [6, 6.07) is 0.345. The third-order valence-electron chi connectivity index (χ3n) is 2.98. The van der Waals surface area contributed by atoms with Crippen LogP contribution in [0.5, 0.6) is 0 Å². The number of rotatable bonds is 0. The molecule has 0 amide bonds. The molecule has 2 aliphatic rings. The van der Waals surface area contributed by atoms with Crippen LogP contribution < -0.4 is 5.73 Å². The Bertz CT molecular complexity index is 155. The van der Waals surface area contributed by atoms with Gasteiger partial charge in [0.2, 0.25) is 0 Å². The van der Waals surface area contributed by atoms with E-state index in [0.29, 0.717) is 23.7 Å². The normalized spacial score (nSPS) is 41.9. The molecule has 0 aromatic carbocycles. The maximum Gasteiger partial charge on any atom is 0.133 e. The first-order valence-electron chi connectivity index (χ1n) is 4.04. The van der Waals surface area contributed by atoms with Gasteiger partial charge in [0.05, 0.1) is 0 Å². The van der Waals surface area contributed by atoms with Crippen LogP contribution in [0.25, 0.3) is 0 Å². The van der Waals surface area contributed by atoms with Gasteiger partial charge < -0.3 is 5.73 Å². The van der Waals surface area contributed by atoms with Gasteiger partial charge in [0.25, 0.3) is 0 Å². The fourth-order valence-corrected chi connectivity index (χ4v) is 2.34. The van der Waals surface area contributed by atoms with Crippen LogP contribution in [0, 0.1) is 11.8 Å². The van der Waals surface area contributed by atoms with Gasteiger partial charge >= 0.3 is 0 Å². The van der Waals surface area contributed by atoms with Crippen molar-refractivity contribution in [2.45, 2.75) is 31.7 Å². The Labute approximate surface area is 72.9 Å². The molecule has 2 bridgehead atoms. The van der Waals surface area contributed by atoms with Gasteiger partial charge in [-0.25, -0.2) is 0 Å². The molecule has 0 spiro atoms. The molecule has 0 saturated heterocycles. The van der Waals surface area contributed by atoms with Gasteiger partial charge in [-0.05, 0) is 24.7 Å². The summed E-state index contributed by atoms with van der Waals surface area (Å²) in [5, 5.41) is 0. The number of hydrogen-bond acceptors (Lipinski definition) is 2. The van der Waals surface area contributed by atoms with Crippen molar-refractivity contribution < 1.29 is 4.79 Å². The first-order chi connectivity index (χ1) is 4.77. The summed E-state index contributed by atoms with van der Waals surface area (Å²) in [5.41, 5.74) is 5.89. The van der Waals surface area contributed by atoms with Gasteiger partial charge in [0, 0.05) is 18.9 Å². The molecule has 11 heavy (non-hydrogen) atoms. The van der Waals surface area contributed by atoms with Crippen LogP contribution in [-0.4, -0.2) is 11.8 Å². The number of carbonyl (C=O) groups is 1. The van der Waals surface area contributed by atoms with Crippen LogP contribution >= 0.6 is 12.4 Å². The standard InChI is InChI=1S/C8H13NO.ClH/c9-8-5-1-2-6(8)4-7(10)3-5;/h5-6,8H,1-4,9H2;1H. The maximum atomic E-state index is 11.0. The van der Waals surface area contributed by atoms with E-state index < -0.39 is 0 Å². The van der Waals surface area contributed by atoms with Crippen molar-refractivity contribution in [1.29, 1.82) is 0 Å². The Balaban J connectivity index is 0.000000605. The monoisotopic (exact) mass is 175 g/mol. The summed E-state index contributed by atoms with van der Waals surface area (Å²) in [5.74, 6) is 1.51. The number of carbonyl (C=O) groups excluding carboxylic acids is 1. The zero-order valence-corrected chi connectivity index (χ0v) is 7.27. The van der Waals surface area contributed by atoms with Crippen molar-refractivity contribution in [3.63, 3.8) is 0 Å². The maximum absolute atomic E-state index is 11.0. The molecule has 64 valence electrons. The molecule has 2 saturated carbocycles. The molecule has 0 aliphatic heterocycles. The highest BCUT2D eigenvalue weighted by Crippen LogP contribution is 2.39. The first-order valence-corrected chi connectivity index (χ1v) is 4.04. The van der Waals surface area contributed by atoms with E-state index in [9.17, 15) is 4.79 Å². The third kappa shape index (κ3) is 1.42. The van der Waals surface area contributed by atoms with Gasteiger partial charge in [-0.3, -0.25) is 4.79 Å². The van der Waals surface area contributed by atoms with Crippen molar-refractivity contribution >= 4 is 18.2 Å². The van der Waals surface area contributed by atoms with Gasteiger partial charge in [-0.2, -0.15) is 0 Å². The summed E-state index contributed by atoms with van der Waals surface area (Å²) in [7, 11) is 0. The zero-order valence-electron chi connectivity index (χ0n) is 6.45. The van der Waals surface area contributed by atoms with Crippen LogP contribution in [0.3, 0.4) is 0 Å². The molecule has 2 N–H and O–H groups in total. The Kier molecular flexibility index (Phi) is 2.55. The summed E-state index contributed by atoms with van der Waals surface area (Å²) in [4.78, 5) is 11.0. The minimum absolute atomic E-state index is 0. The SMILES string of the molecule is Cl.NC1C2CCC1CC(=O)C2. The van der Waals surface area contributed by atoms with Gasteiger partial charge in [-0.1, -0.05) is 0 Å². The summed E-state index contributed by atoms with van der Waals surface area (Å²) >= 11 is 0. The van der Waals surface area contributed by atoms with E-state index in [4.69, 9.17) is 5.73 Å². The molecule has 2 fully saturated rings. The number of Topliss-reactive ketones (excluding diaryl/α,β-unsaturated/α-hetero) is 1. The van der Waals surface area contributed by atoms with E-state index in [1.54, 1.807) is 0 Å². The third-order valence-corrected chi connectivity index (χ3v) is 2.98. The fraction of sp³-hybridized carbons (Fsp3) is 0.875. The van der Waals surface area contributed by atoms with E-state index in [1.807, 2.05) is 0 Å². The molecule has 2 aliphatic carbocycles. The summed E-state index contributed by atoms with van der Waals surface area (Å²) in [6.07, 6.45) is 3.91. The highest BCUT2D eigenvalue weighted by Gasteiger charge is 2.39. The Morgan fingerprint density at radius 3 is 2.09 bits per heavy atom. The van der Waals surface area contributed by atoms with Gasteiger partial charge in [0.1, 0.15) is 5.78 Å². The minimum atomic E-state index is 0. The molecule has 0 aromatic heterocycles. The molecule has 0 radical (unpaired) electrons. The van der Waals surface area contributed by atoms with Crippen molar-refractivity contribution in [2.75, 3.05) is 0 Å². The fourth-order valence-electron chi connectivity index (χ4n) is 2.34. The smallest absolute Gasteiger partial charge is 0.133 e. The number of nitrogens with two attached hydrogens (primary N) is 1. The molecule has 2 unspecified atom stereocenters. The summed E-state index contributed by atoms with van der Waals surface area (Å²) in [6.45, 7) is 0. The molecular formula is C8H14ClNO. The highest BCUT2D eigenvalue weighted by atomic mass is 35.5. The van der Waals surface area contributed by atoms with E-state index in [0.717, 1.165) is 12.8 Å². The topological polar surface area (TPSA) is 43.1 Å². The minimum Gasteiger partial charge on any atom is -0.327 e. The summed E-state index contributed by atoms with van der Waals surface area (Å²) < 4.78 is 0. The molecule has 2 rings (SSSR count). The van der Waals surface area contributed by atoms with E-state index in [1.165, 1.54) is 12.8 Å². The molecule has 2 nitrogen and oxygen atoms in total. The number of ketones is 1. The number of hydrogen-bond donors (Lipinski definition) is 1. The Morgan fingerprint density at radius 2 is 1.64 bits per heavy atom. The van der Waals surface area contributed by atoms with Crippen molar-refractivity contribution in [3.8, 4) is 0 Å². The van der Waals surface area contributed by atoms with Crippen LogP contribution in [0.2, 0.25) is 0 Å². The second-order valence-corrected chi connectivity index (χ2v) is 3.62. The Morgan fingerprint density at radius 1 is 1.18 bits per heavy atom. The van der Waals surface area contributed by atoms with Crippen LogP contribution in [0.4, 0.5) is 0 Å². The lowest BCUT2D eigenvalue weighted by Gasteiger charge is -2.24. The van der Waals surface area contributed by atoms with E-state index in [2.05, 4.69) is 0 Å². The van der Waals surface area contributed by atoms with Gasteiger partial charge in [0.15, 0.2) is 0 Å². The van der Waals surface area contributed by atoms with Crippen LogP contribution in [-0.2, 0) is 4.79 Å². The predicted molar refractivity (Wildman–Crippen MR) is 45.7 cm³/mol. The average molecular weight is 176 g/mol. The molecular weight excluding hydrogens is 162 g/mol. The molecule has 0 heterocycles. The van der Waals surface area contributed by atoms with Crippen LogP contribution in [0.1, 0.15) is 25.7 Å². The molecule has 2 atom stereocenters. The van der Waals surface area contributed by atoms with Crippen molar-refractivity contribution in [1.82, 2.24) is 0 Å². The lowest BCUT2D eigenvalue weighted by atomic mass is 9.84. The Hall–Kier alpha value is -0.0800. The van der Waals surface area contributed by atoms with Crippen molar-refractivity contribution in [2.24, 2.45) is 17.6 Å². The molecule has 0 aromatic rings. The van der Waals surface area contributed by atoms with Gasteiger partial charge in [-0.15, -0.1) is 12.4 Å². The van der Waals surface area contributed by atoms with Crippen LogP contribution in [0.15, 0.2) is 0 Å². The second kappa shape index (κ2) is 3.11. The molecule has 3 heteroatoms. The number of halogens is 1. The van der Waals surface area contributed by atoms with Crippen molar-refractivity contribution in [3.05, 3.63) is 0 Å². The van der Waals surface area contributed by atoms with E-state index in [-0.39, 0.29) is 12.4 Å². The largest absolute Gasteiger partial charge is 0.327 e. The number of fused-ring (bicyclic) bond motifs is 2. The lowest BCUT2D eigenvalue weighted by Crippen LogP contribution is -2.37. The first kappa shape index (κ1) is 9.01. The zero-order chi connectivity index (χ0) is 7.14.